The summed E-state index contributed by atoms with van der Waals surface area (Å²) in [6.45, 7) is 6.17. The summed E-state index contributed by atoms with van der Waals surface area (Å²) in [6, 6.07) is 5.38. The van der Waals surface area contributed by atoms with Gasteiger partial charge in [-0.05, 0) is 54.7 Å². The molecule has 1 unspecified atom stereocenters. The largest absolute Gasteiger partial charge is 0.352 e. The molecule has 26 heavy (non-hydrogen) atoms. The second kappa shape index (κ2) is 9.30. The molecule has 0 aliphatic carbocycles. The highest BCUT2D eigenvalue weighted by atomic mass is 32.1. The van der Waals surface area contributed by atoms with Gasteiger partial charge >= 0.3 is 0 Å². The maximum absolute atomic E-state index is 12.5. The Kier molecular flexibility index (Phi) is 6.82. The van der Waals surface area contributed by atoms with Crippen LogP contribution in [0.5, 0.6) is 0 Å². The van der Waals surface area contributed by atoms with Crippen molar-refractivity contribution in [2.75, 3.05) is 31.5 Å². The first-order chi connectivity index (χ1) is 12.6. The Bertz CT molecular complexity index is 721. The van der Waals surface area contributed by atoms with Crippen molar-refractivity contribution < 1.29 is 9.59 Å². The summed E-state index contributed by atoms with van der Waals surface area (Å²) < 4.78 is 0. The number of thiophene rings is 2. The van der Waals surface area contributed by atoms with Crippen molar-refractivity contribution in [1.82, 2.24) is 10.2 Å². The minimum atomic E-state index is -0.171. The van der Waals surface area contributed by atoms with Gasteiger partial charge in [0.2, 0.25) is 0 Å². The van der Waals surface area contributed by atoms with E-state index in [-0.39, 0.29) is 11.8 Å². The molecule has 0 saturated carbocycles. The second-order valence-corrected chi connectivity index (χ2v) is 8.64. The van der Waals surface area contributed by atoms with Gasteiger partial charge in [-0.25, -0.2) is 0 Å². The summed E-state index contributed by atoms with van der Waals surface area (Å²) in [6.07, 6.45) is 3.89. The Morgan fingerprint density at radius 2 is 1.92 bits per heavy atom. The first kappa shape index (κ1) is 19.1. The van der Waals surface area contributed by atoms with Gasteiger partial charge in [-0.2, -0.15) is 0 Å². The number of anilines is 1. The van der Waals surface area contributed by atoms with E-state index < -0.39 is 0 Å². The highest BCUT2D eigenvalue weighted by Gasteiger charge is 2.18. The van der Waals surface area contributed by atoms with Gasteiger partial charge in [0.1, 0.15) is 5.00 Å². The van der Waals surface area contributed by atoms with Crippen LogP contribution in [0.1, 0.15) is 46.2 Å². The van der Waals surface area contributed by atoms with Crippen molar-refractivity contribution in [3.63, 3.8) is 0 Å². The molecule has 2 aromatic rings. The SMILES string of the molecule is CC(CNC(=O)c1ccsc1NC(=O)c1cccs1)CN1CCCCC1. The van der Waals surface area contributed by atoms with Crippen molar-refractivity contribution in [3.05, 3.63) is 39.4 Å². The van der Waals surface area contributed by atoms with E-state index in [2.05, 4.69) is 22.5 Å². The molecule has 0 radical (unpaired) electrons. The molecule has 0 spiro atoms. The number of likely N-dealkylation sites (tertiary alicyclic amines) is 1. The fraction of sp³-hybridized carbons (Fsp3) is 0.474. The molecule has 2 N–H and O–H groups in total. The minimum Gasteiger partial charge on any atom is -0.352 e. The molecule has 140 valence electrons. The van der Waals surface area contributed by atoms with Crippen molar-refractivity contribution in [2.45, 2.75) is 26.2 Å². The number of hydrogen-bond donors (Lipinski definition) is 2. The van der Waals surface area contributed by atoms with Gasteiger partial charge in [-0.1, -0.05) is 19.4 Å². The van der Waals surface area contributed by atoms with E-state index in [9.17, 15) is 9.59 Å². The lowest BCUT2D eigenvalue weighted by molar-refractivity contribution is 0.0944. The standard InChI is InChI=1S/C19H25N3O2S2/c1-14(13-22-8-3-2-4-9-22)12-20-17(23)15-7-11-26-19(15)21-18(24)16-6-5-10-25-16/h5-7,10-11,14H,2-4,8-9,12-13H2,1H3,(H,20,23)(H,21,24). The molecule has 5 nitrogen and oxygen atoms in total. The monoisotopic (exact) mass is 391 g/mol. The third-order valence-electron chi connectivity index (χ3n) is 4.51. The average molecular weight is 392 g/mol. The van der Waals surface area contributed by atoms with Gasteiger partial charge in [-0.15, -0.1) is 22.7 Å². The third-order valence-corrected chi connectivity index (χ3v) is 6.21. The lowest BCUT2D eigenvalue weighted by Crippen LogP contribution is -2.38. The van der Waals surface area contributed by atoms with Crippen LogP contribution in [-0.4, -0.2) is 42.9 Å². The Balaban J connectivity index is 1.50. The average Bonchev–Trinajstić information content (AvgIpc) is 3.32. The van der Waals surface area contributed by atoms with Crippen LogP contribution in [0, 0.1) is 5.92 Å². The number of piperidine rings is 1. The number of amides is 2. The quantitative estimate of drug-likeness (QED) is 0.752. The molecular weight excluding hydrogens is 366 g/mol. The third kappa shape index (κ3) is 5.16. The second-order valence-electron chi connectivity index (χ2n) is 6.77. The summed E-state index contributed by atoms with van der Waals surface area (Å²) >= 11 is 2.75. The van der Waals surface area contributed by atoms with Crippen LogP contribution >= 0.6 is 22.7 Å². The van der Waals surface area contributed by atoms with Crippen LogP contribution in [0.4, 0.5) is 5.00 Å². The van der Waals surface area contributed by atoms with E-state index in [1.165, 1.54) is 55.0 Å². The molecule has 0 aromatic carbocycles. The molecule has 1 atom stereocenters. The van der Waals surface area contributed by atoms with E-state index in [1.807, 2.05) is 16.8 Å². The molecule has 7 heteroatoms. The van der Waals surface area contributed by atoms with Crippen LogP contribution in [0.15, 0.2) is 29.0 Å². The number of carbonyl (C=O) groups excluding carboxylic acids is 2. The number of rotatable bonds is 7. The predicted molar refractivity (Wildman–Crippen MR) is 108 cm³/mol. The van der Waals surface area contributed by atoms with Crippen LogP contribution in [0.25, 0.3) is 0 Å². The number of nitrogens with one attached hydrogen (secondary N) is 2. The molecule has 1 aliphatic rings. The lowest BCUT2D eigenvalue weighted by Gasteiger charge is -2.29. The van der Waals surface area contributed by atoms with Gasteiger partial charge < -0.3 is 15.5 Å². The Morgan fingerprint density at radius 3 is 2.65 bits per heavy atom. The van der Waals surface area contributed by atoms with Crippen LogP contribution in [0.3, 0.4) is 0 Å². The first-order valence-corrected chi connectivity index (χ1v) is 10.8. The van der Waals surface area contributed by atoms with Crippen molar-refractivity contribution in [1.29, 1.82) is 0 Å². The zero-order valence-corrected chi connectivity index (χ0v) is 16.6. The highest BCUT2D eigenvalue weighted by Crippen LogP contribution is 2.24. The topological polar surface area (TPSA) is 61.4 Å². The normalized spacial score (nSPS) is 16.2. The zero-order valence-electron chi connectivity index (χ0n) is 15.0. The van der Waals surface area contributed by atoms with Gasteiger partial charge in [-0.3, -0.25) is 9.59 Å². The van der Waals surface area contributed by atoms with Crippen LogP contribution in [-0.2, 0) is 0 Å². The molecule has 0 bridgehead atoms. The predicted octanol–water partition coefficient (Wildman–Crippen LogP) is 3.91. The Morgan fingerprint density at radius 1 is 1.12 bits per heavy atom. The van der Waals surface area contributed by atoms with Crippen LogP contribution < -0.4 is 10.6 Å². The molecule has 2 amide bonds. The summed E-state index contributed by atoms with van der Waals surface area (Å²) in [5, 5.41) is 10.2. The number of hydrogen-bond acceptors (Lipinski definition) is 5. The molecule has 3 rings (SSSR count). The van der Waals surface area contributed by atoms with Crippen molar-refractivity contribution in [3.8, 4) is 0 Å². The maximum Gasteiger partial charge on any atom is 0.266 e. The van der Waals surface area contributed by atoms with E-state index in [4.69, 9.17) is 0 Å². The van der Waals surface area contributed by atoms with Gasteiger partial charge in [0.15, 0.2) is 0 Å². The summed E-state index contributed by atoms with van der Waals surface area (Å²) in [5.41, 5.74) is 0.532. The Labute approximate surface area is 162 Å². The van der Waals surface area contributed by atoms with Crippen molar-refractivity contribution >= 4 is 39.5 Å². The van der Waals surface area contributed by atoms with E-state index in [1.54, 1.807) is 12.1 Å². The molecular formula is C19H25N3O2S2. The molecule has 1 saturated heterocycles. The van der Waals surface area contributed by atoms with Gasteiger partial charge in [0.05, 0.1) is 10.4 Å². The molecule has 1 fully saturated rings. The van der Waals surface area contributed by atoms with Gasteiger partial charge in [0.25, 0.3) is 11.8 Å². The smallest absolute Gasteiger partial charge is 0.266 e. The maximum atomic E-state index is 12.5. The van der Waals surface area contributed by atoms with E-state index in [0.717, 1.165) is 6.54 Å². The number of carbonyl (C=O) groups is 2. The summed E-state index contributed by atoms with van der Waals surface area (Å²) in [5.74, 6) is 0.105. The summed E-state index contributed by atoms with van der Waals surface area (Å²) in [7, 11) is 0. The first-order valence-electron chi connectivity index (χ1n) is 9.06. The fourth-order valence-electron chi connectivity index (χ4n) is 3.17. The number of nitrogens with zero attached hydrogens (tertiary/aromatic N) is 1. The lowest BCUT2D eigenvalue weighted by atomic mass is 10.1. The van der Waals surface area contributed by atoms with Crippen molar-refractivity contribution in [2.24, 2.45) is 5.92 Å². The molecule has 2 aromatic heterocycles. The molecule has 3 heterocycles. The van der Waals surface area contributed by atoms with Crippen LogP contribution in [0.2, 0.25) is 0 Å². The zero-order chi connectivity index (χ0) is 18.4. The Hall–Kier alpha value is -1.70. The molecule has 1 aliphatic heterocycles. The fourth-order valence-corrected chi connectivity index (χ4v) is 4.57. The van der Waals surface area contributed by atoms with E-state index in [0.29, 0.717) is 27.9 Å². The summed E-state index contributed by atoms with van der Waals surface area (Å²) in [4.78, 5) is 27.9. The minimum absolute atomic E-state index is 0.127. The highest BCUT2D eigenvalue weighted by molar-refractivity contribution is 7.15. The van der Waals surface area contributed by atoms with Gasteiger partial charge in [0, 0.05) is 13.1 Å². The van der Waals surface area contributed by atoms with E-state index >= 15 is 0 Å².